The molecule has 0 radical (unpaired) electrons. The van der Waals surface area contributed by atoms with Crippen molar-refractivity contribution in [2.75, 3.05) is 0 Å². The summed E-state index contributed by atoms with van der Waals surface area (Å²) >= 11 is 0. The van der Waals surface area contributed by atoms with Crippen molar-refractivity contribution in [3.63, 3.8) is 0 Å². The number of hydrogen-bond acceptors (Lipinski definition) is 5. The Labute approximate surface area is 143 Å². The minimum atomic E-state index is -0.573. The van der Waals surface area contributed by atoms with Crippen LogP contribution in [0.1, 0.15) is 21.6 Å². The number of nitrogens with one attached hydrogen (secondary N) is 1. The largest absolute Gasteiger partial charge is 0.505 e. The Balaban J connectivity index is 1.90. The smallest absolute Gasteiger partial charge is 0.275 e. The molecule has 0 fully saturated rings. The number of aromatic nitrogens is 3. The van der Waals surface area contributed by atoms with Gasteiger partial charge in [-0.3, -0.25) is 14.6 Å². The lowest BCUT2D eigenvalue weighted by molar-refractivity contribution is 0.0941. The number of hydrogen-bond donors (Lipinski definition) is 2. The van der Waals surface area contributed by atoms with Crippen molar-refractivity contribution in [3.8, 4) is 11.4 Å². The summed E-state index contributed by atoms with van der Waals surface area (Å²) in [7, 11) is 0. The van der Waals surface area contributed by atoms with Crippen LogP contribution in [0.25, 0.3) is 5.69 Å². The fourth-order valence-corrected chi connectivity index (χ4v) is 2.32. The summed E-state index contributed by atoms with van der Waals surface area (Å²) < 4.78 is 1.09. The number of aryl methyl sites for hydroxylation is 1. The van der Waals surface area contributed by atoms with Gasteiger partial charge in [-0.25, -0.2) is 0 Å². The van der Waals surface area contributed by atoms with Crippen molar-refractivity contribution in [1.82, 2.24) is 20.1 Å². The summed E-state index contributed by atoms with van der Waals surface area (Å²) in [5, 5.41) is 16.6. The first-order valence-corrected chi connectivity index (χ1v) is 7.62. The van der Waals surface area contributed by atoms with Gasteiger partial charge >= 0.3 is 0 Å². The second-order valence-electron chi connectivity index (χ2n) is 5.51. The quantitative estimate of drug-likeness (QED) is 0.754. The Bertz CT molecular complexity index is 968. The molecule has 7 heteroatoms. The zero-order valence-corrected chi connectivity index (χ0v) is 13.5. The molecule has 3 rings (SSSR count). The summed E-state index contributed by atoms with van der Waals surface area (Å²) in [5.41, 5.74) is 1.59. The molecule has 0 spiro atoms. The molecule has 25 heavy (non-hydrogen) atoms. The van der Waals surface area contributed by atoms with Crippen LogP contribution in [0.2, 0.25) is 0 Å². The third kappa shape index (κ3) is 3.72. The maximum absolute atomic E-state index is 12.3. The molecule has 126 valence electrons. The van der Waals surface area contributed by atoms with Crippen molar-refractivity contribution in [3.05, 3.63) is 82.0 Å². The van der Waals surface area contributed by atoms with E-state index in [1.54, 1.807) is 42.7 Å². The number of carbonyl (C=O) groups is 1. The number of amides is 1. The number of pyridine rings is 1. The van der Waals surface area contributed by atoms with Crippen LogP contribution in [0, 0.1) is 6.92 Å². The van der Waals surface area contributed by atoms with Gasteiger partial charge in [-0.15, -0.1) is 0 Å². The lowest BCUT2D eigenvalue weighted by Gasteiger charge is -2.10. The topological polar surface area (TPSA) is 97.1 Å². The van der Waals surface area contributed by atoms with Crippen molar-refractivity contribution < 1.29 is 9.90 Å². The third-order valence-corrected chi connectivity index (χ3v) is 3.58. The normalized spacial score (nSPS) is 10.4. The van der Waals surface area contributed by atoms with E-state index in [-0.39, 0.29) is 12.2 Å². The number of rotatable bonds is 4. The van der Waals surface area contributed by atoms with E-state index in [9.17, 15) is 14.7 Å². The second-order valence-corrected chi connectivity index (χ2v) is 5.51. The van der Waals surface area contributed by atoms with Crippen molar-refractivity contribution >= 4 is 5.91 Å². The molecule has 0 aliphatic heterocycles. The van der Waals surface area contributed by atoms with Gasteiger partial charge in [0.05, 0.1) is 5.69 Å². The Kier molecular flexibility index (Phi) is 4.56. The minimum absolute atomic E-state index is 0.213. The second kappa shape index (κ2) is 6.96. The average molecular weight is 336 g/mol. The molecule has 3 aromatic rings. The molecule has 0 bridgehead atoms. The lowest BCUT2D eigenvalue weighted by atomic mass is 10.2. The fourth-order valence-electron chi connectivity index (χ4n) is 2.32. The van der Waals surface area contributed by atoms with Gasteiger partial charge in [0.1, 0.15) is 0 Å². The van der Waals surface area contributed by atoms with Gasteiger partial charge in [0.25, 0.3) is 11.5 Å². The van der Waals surface area contributed by atoms with Crippen LogP contribution in [-0.2, 0) is 6.54 Å². The third-order valence-electron chi connectivity index (χ3n) is 3.58. The van der Waals surface area contributed by atoms with Gasteiger partial charge in [-0.2, -0.15) is 9.78 Å². The Hall–Kier alpha value is -3.48. The van der Waals surface area contributed by atoms with E-state index >= 15 is 0 Å². The molecule has 2 heterocycles. The van der Waals surface area contributed by atoms with Crippen LogP contribution in [0.15, 0.2) is 59.7 Å². The van der Waals surface area contributed by atoms with Crippen molar-refractivity contribution in [1.29, 1.82) is 0 Å². The van der Waals surface area contributed by atoms with Gasteiger partial charge in [0.15, 0.2) is 11.4 Å². The van der Waals surface area contributed by atoms with Crippen LogP contribution in [0.5, 0.6) is 5.75 Å². The zero-order valence-electron chi connectivity index (χ0n) is 13.5. The monoisotopic (exact) mass is 336 g/mol. The molecular formula is C18H16N4O3. The standard InChI is InChI=1S/C18H16N4O3/c1-12-3-2-4-14(9-12)22-16(24)10-15(23)17(21-22)18(25)20-11-13-5-7-19-8-6-13/h2-10,23H,11H2,1H3,(H,20,25). The van der Waals surface area contributed by atoms with Crippen molar-refractivity contribution in [2.45, 2.75) is 13.5 Å². The minimum Gasteiger partial charge on any atom is -0.505 e. The highest BCUT2D eigenvalue weighted by Gasteiger charge is 2.16. The van der Waals surface area contributed by atoms with E-state index in [1.165, 1.54) is 0 Å². The first kappa shape index (κ1) is 16.4. The number of carbonyl (C=O) groups excluding carboxylic acids is 1. The summed E-state index contributed by atoms with van der Waals surface area (Å²) in [4.78, 5) is 28.3. The predicted octanol–water partition coefficient (Wildman–Crippen LogP) is 1.57. The SMILES string of the molecule is Cc1cccc(-n2nc(C(=O)NCc3ccncc3)c(O)cc2=O)c1. The van der Waals surface area contributed by atoms with E-state index in [1.807, 2.05) is 13.0 Å². The van der Waals surface area contributed by atoms with Gasteiger partial charge < -0.3 is 10.4 Å². The molecule has 0 aliphatic rings. The Morgan fingerprint density at radius 3 is 2.68 bits per heavy atom. The summed E-state index contributed by atoms with van der Waals surface area (Å²) in [6.07, 6.45) is 3.24. The molecular weight excluding hydrogens is 320 g/mol. The van der Waals surface area contributed by atoms with E-state index in [0.29, 0.717) is 5.69 Å². The van der Waals surface area contributed by atoms with Gasteiger partial charge in [0.2, 0.25) is 0 Å². The zero-order chi connectivity index (χ0) is 17.8. The van der Waals surface area contributed by atoms with Crippen LogP contribution < -0.4 is 10.9 Å². The molecule has 1 aromatic carbocycles. The van der Waals surface area contributed by atoms with Gasteiger partial charge in [-0.1, -0.05) is 12.1 Å². The summed E-state index contributed by atoms with van der Waals surface area (Å²) in [6, 6.07) is 11.7. The van der Waals surface area contributed by atoms with E-state index < -0.39 is 17.2 Å². The Morgan fingerprint density at radius 1 is 1.20 bits per heavy atom. The highest BCUT2D eigenvalue weighted by molar-refractivity contribution is 5.94. The van der Waals surface area contributed by atoms with Crippen LogP contribution in [0.3, 0.4) is 0 Å². The molecule has 1 amide bonds. The fraction of sp³-hybridized carbons (Fsp3) is 0.111. The molecule has 0 saturated carbocycles. The number of benzene rings is 1. The predicted molar refractivity (Wildman–Crippen MR) is 91.6 cm³/mol. The van der Waals surface area contributed by atoms with Crippen LogP contribution >= 0.6 is 0 Å². The number of aromatic hydroxyl groups is 1. The maximum Gasteiger partial charge on any atom is 0.275 e. The van der Waals surface area contributed by atoms with Crippen LogP contribution in [0.4, 0.5) is 0 Å². The van der Waals surface area contributed by atoms with Crippen LogP contribution in [-0.4, -0.2) is 25.8 Å². The highest BCUT2D eigenvalue weighted by Crippen LogP contribution is 2.13. The first-order chi connectivity index (χ1) is 12.0. The average Bonchev–Trinajstić information content (AvgIpc) is 2.60. The Morgan fingerprint density at radius 2 is 1.96 bits per heavy atom. The molecule has 0 saturated heterocycles. The number of nitrogens with zero attached hydrogens (tertiary/aromatic N) is 3. The maximum atomic E-state index is 12.3. The van der Waals surface area contributed by atoms with Gasteiger partial charge in [-0.05, 0) is 42.3 Å². The van der Waals surface area contributed by atoms with E-state index in [4.69, 9.17) is 0 Å². The molecule has 0 atom stereocenters. The van der Waals surface area contributed by atoms with Gasteiger partial charge in [0, 0.05) is 25.0 Å². The highest BCUT2D eigenvalue weighted by atomic mass is 16.3. The molecule has 2 aromatic heterocycles. The molecule has 0 aliphatic carbocycles. The van der Waals surface area contributed by atoms with E-state index in [0.717, 1.165) is 21.9 Å². The van der Waals surface area contributed by atoms with E-state index in [2.05, 4.69) is 15.4 Å². The summed E-state index contributed by atoms with van der Waals surface area (Å²) in [6.45, 7) is 2.14. The first-order valence-electron chi connectivity index (χ1n) is 7.62. The molecule has 2 N–H and O–H groups in total. The summed E-state index contributed by atoms with van der Waals surface area (Å²) in [5.74, 6) is -1.03. The molecule has 0 unspecified atom stereocenters. The molecule has 7 nitrogen and oxygen atoms in total. The lowest BCUT2D eigenvalue weighted by Crippen LogP contribution is -2.29. The van der Waals surface area contributed by atoms with Crippen molar-refractivity contribution in [2.24, 2.45) is 0 Å².